The van der Waals surface area contributed by atoms with Crippen molar-refractivity contribution in [3.05, 3.63) is 35.9 Å². The highest BCUT2D eigenvalue weighted by molar-refractivity contribution is 5.74. The fraction of sp³-hybridized carbons (Fsp3) is 0.619. The molecule has 1 heterocycles. The van der Waals surface area contributed by atoms with Crippen molar-refractivity contribution in [3.8, 4) is 0 Å². The number of hydrogen-bond donors (Lipinski definition) is 1. The molecule has 150 valence electrons. The van der Waals surface area contributed by atoms with Gasteiger partial charge in [-0.05, 0) is 46.6 Å². The number of rotatable bonds is 5. The summed E-state index contributed by atoms with van der Waals surface area (Å²) in [6.07, 6.45) is 0.209. The van der Waals surface area contributed by atoms with Crippen LogP contribution in [0.2, 0.25) is 0 Å². The summed E-state index contributed by atoms with van der Waals surface area (Å²) < 4.78 is 10.8. The van der Waals surface area contributed by atoms with Gasteiger partial charge in [0.25, 0.3) is 0 Å². The molecular formula is C21H32N2O4. The van der Waals surface area contributed by atoms with Crippen LogP contribution in [-0.2, 0) is 14.3 Å². The topological polar surface area (TPSA) is 67.9 Å². The van der Waals surface area contributed by atoms with E-state index in [-0.39, 0.29) is 30.1 Å². The highest BCUT2D eigenvalue weighted by atomic mass is 16.6. The van der Waals surface area contributed by atoms with E-state index < -0.39 is 5.60 Å². The van der Waals surface area contributed by atoms with Gasteiger partial charge < -0.3 is 19.7 Å². The third kappa shape index (κ3) is 6.24. The number of likely N-dealkylation sites (tertiary alicyclic amines) is 1. The number of carbonyl (C=O) groups is 2. The molecule has 0 aliphatic carbocycles. The van der Waals surface area contributed by atoms with Gasteiger partial charge in [0.15, 0.2) is 0 Å². The first-order valence-electron chi connectivity index (χ1n) is 9.67. The lowest BCUT2D eigenvalue weighted by Crippen LogP contribution is -2.56. The summed E-state index contributed by atoms with van der Waals surface area (Å²) in [7, 11) is 0. The predicted molar refractivity (Wildman–Crippen MR) is 104 cm³/mol. The Morgan fingerprint density at radius 1 is 1.26 bits per heavy atom. The van der Waals surface area contributed by atoms with E-state index in [1.165, 1.54) is 0 Å². The number of ether oxygens (including phenoxy) is 2. The molecule has 3 atom stereocenters. The van der Waals surface area contributed by atoms with Gasteiger partial charge in [-0.2, -0.15) is 0 Å². The molecule has 1 fully saturated rings. The van der Waals surface area contributed by atoms with E-state index in [0.717, 1.165) is 5.56 Å². The van der Waals surface area contributed by atoms with Gasteiger partial charge in [-0.1, -0.05) is 30.3 Å². The van der Waals surface area contributed by atoms with Gasteiger partial charge in [0.2, 0.25) is 0 Å². The quantitative estimate of drug-likeness (QED) is 0.797. The van der Waals surface area contributed by atoms with Crippen molar-refractivity contribution in [1.82, 2.24) is 10.2 Å². The molecule has 2 rings (SSSR count). The normalized spacial score (nSPS) is 21.4. The van der Waals surface area contributed by atoms with E-state index in [1.54, 1.807) is 4.90 Å². The van der Waals surface area contributed by atoms with Crippen molar-refractivity contribution < 1.29 is 19.1 Å². The molecule has 6 nitrogen and oxygen atoms in total. The fourth-order valence-electron chi connectivity index (χ4n) is 3.30. The third-order valence-electron chi connectivity index (χ3n) is 4.62. The van der Waals surface area contributed by atoms with Gasteiger partial charge in [0, 0.05) is 25.2 Å². The first kappa shape index (κ1) is 21.2. The fourth-order valence-corrected chi connectivity index (χ4v) is 3.30. The summed E-state index contributed by atoms with van der Waals surface area (Å²) in [5.41, 5.74) is 0.587. The second-order valence-electron chi connectivity index (χ2n) is 7.98. The molecular weight excluding hydrogens is 344 g/mol. The standard InChI is InChI=1S/C21H32N2O4/c1-6-26-19(24)17-12-13-23(20(25)27-21(3,4)5)14-18(17)22-15(2)16-10-8-7-9-11-16/h7-11,15,17-18,22H,6,12-14H2,1-5H3/t15-,17?,18?/m1/s1. The summed E-state index contributed by atoms with van der Waals surface area (Å²) >= 11 is 0. The molecule has 1 aromatic carbocycles. The molecule has 27 heavy (non-hydrogen) atoms. The van der Waals surface area contributed by atoms with Crippen LogP contribution < -0.4 is 5.32 Å². The average molecular weight is 376 g/mol. The van der Waals surface area contributed by atoms with Crippen LogP contribution in [-0.4, -0.2) is 48.3 Å². The second-order valence-corrected chi connectivity index (χ2v) is 7.98. The number of nitrogens with one attached hydrogen (secondary N) is 1. The second kappa shape index (κ2) is 9.22. The Morgan fingerprint density at radius 2 is 1.93 bits per heavy atom. The number of esters is 1. The van der Waals surface area contributed by atoms with Gasteiger partial charge in [0.05, 0.1) is 12.5 Å². The molecule has 0 saturated carbocycles. The van der Waals surface area contributed by atoms with Crippen LogP contribution >= 0.6 is 0 Å². The zero-order chi connectivity index (χ0) is 20.0. The molecule has 1 saturated heterocycles. The highest BCUT2D eigenvalue weighted by Gasteiger charge is 2.38. The van der Waals surface area contributed by atoms with Crippen molar-refractivity contribution in [2.24, 2.45) is 5.92 Å². The molecule has 0 radical (unpaired) electrons. The minimum Gasteiger partial charge on any atom is -0.466 e. The minimum absolute atomic E-state index is 0.0479. The molecule has 0 spiro atoms. The molecule has 1 aliphatic rings. The Kier molecular flexibility index (Phi) is 7.25. The van der Waals surface area contributed by atoms with E-state index in [2.05, 4.69) is 12.2 Å². The third-order valence-corrected chi connectivity index (χ3v) is 4.62. The van der Waals surface area contributed by atoms with Gasteiger partial charge in [0.1, 0.15) is 5.60 Å². The Balaban J connectivity index is 2.12. The Bertz CT molecular complexity index is 627. The lowest BCUT2D eigenvalue weighted by Gasteiger charge is -2.39. The summed E-state index contributed by atoms with van der Waals surface area (Å²) in [4.78, 5) is 26.6. The number of carbonyl (C=O) groups excluding carboxylic acids is 2. The molecule has 1 aromatic rings. The number of nitrogens with zero attached hydrogens (tertiary/aromatic N) is 1. The molecule has 1 aliphatic heterocycles. The van der Waals surface area contributed by atoms with Crippen LogP contribution in [0.4, 0.5) is 4.79 Å². The molecule has 1 amide bonds. The van der Waals surface area contributed by atoms with Crippen molar-refractivity contribution in [3.63, 3.8) is 0 Å². The van der Waals surface area contributed by atoms with Crippen LogP contribution in [0.1, 0.15) is 52.6 Å². The van der Waals surface area contributed by atoms with Crippen LogP contribution in [0.3, 0.4) is 0 Å². The maximum absolute atomic E-state index is 12.5. The zero-order valence-corrected chi connectivity index (χ0v) is 17.0. The Hall–Kier alpha value is -2.08. The summed E-state index contributed by atoms with van der Waals surface area (Å²) in [5.74, 6) is -0.492. The lowest BCUT2D eigenvalue weighted by molar-refractivity contribution is -0.151. The first-order chi connectivity index (χ1) is 12.7. The van der Waals surface area contributed by atoms with Crippen molar-refractivity contribution >= 4 is 12.1 Å². The maximum atomic E-state index is 12.5. The van der Waals surface area contributed by atoms with Crippen LogP contribution in [0.5, 0.6) is 0 Å². The average Bonchev–Trinajstić information content (AvgIpc) is 2.61. The predicted octanol–water partition coefficient (Wildman–Crippen LogP) is 3.53. The van der Waals surface area contributed by atoms with Crippen molar-refractivity contribution in [1.29, 1.82) is 0 Å². The smallest absolute Gasteiger partial charge is 0.410 e. The van der Waals surface area contributed by atoms with Crippen LogP contribution in [0.15, 0.2) is 30.3 Å². The lowest BCUT2D eigenvalue weighted by atomic mass is 9.90. The molecule has 1 N–H and O–H groups in total. The summed E-state index contributed by atoms with van der Waals surface area (Å²) in [6, 6.07) is 9.90. The van der Waals surface area contributed by atoms with Crippen LogP contribution in [0, 0.1) is 5.92 Å². The monoisotopic (exact) mass is 376 g/mol. The van der Waals surface area contributed by atoms with Gasteiger partial charge >= 0.3 is 12.1 Å². The van der Waals surface area contributed by atoms with Gasteiger partial charge in [-0.15, -0.1) is 0 Å². The van der Waals surface area contributed by atoms with E-state index >= 15 is 0 Å². The Labute approximate surface area is 162 Å². The van der Waals surface area contributed by atoms with Gasteiger partial charge in [-0.25, -0.2) is 4.79 Å². The first-order valence-corrected chi connectivity index (χ1v) is 9.67. The van der Waals surface area contributed by atoms with Crippen molar-refractivity contribution in [2.45, 2.75) is 58.7 Å². The van der Waals surface area contributed by atoms with Crippen LogP contribution in [0.25, 0.3) is 0 Å². The number of amides is 1. The zero-order valence-electron chi connectivity index (χ0n) is 17.0. The number of hydrogen-bond acceptors (Lipinski definition) is 5. The van der Waals surface area contributed by atoms with E-state index in [9.17, 15) is 9.59 Å². The number of piperidine rings is 1. The molecule has 0 aromatic heterocycles. The minimum atomic E-state index is -0.546. The molecule has 6 heteroatoms. The molecule has 0 bridgehead atoms. The summed E-state index contributed by atoms with van der Waals surface area (Å²) in [6.45, 7) is 10.7. The largest absolute Gasteiger partial charge is 0.466 e. The van der Waals surface area contributed by atoms with Gasteiger partial charge in [-0.3, -0.25) is 4.79 Å². The van der Waals surface area contributed by atoms with E-state index in [1.807, 2.05) is 58.0 Å². The maximum Gasteiger partial charge on any atom is 0.410 e. The highest BCUT2D eigenvalue weighted by Crippen LogP contribution is 2.24. The molecule has 2 unspecified atom stereocenters. The number of benzene rings is 1. The summed E-state index contributed by atoms with van der Waals surface area (Å²) in [5, 5.41) is 3.52. The SMILES string of the molecule is CCOC(=O)C1CCN(C(=O)OC(C)(C)C)CC1N[C@H](C)c1ccccc1. The van der Waals surface area contributed by atoms with Crippen molar-refractivity contribution in [2.75, 3.05) is 19.7 Å². The Morgan fingerprint density at radius 3 is 2.52 bits per heavy atom. The van der Waals surface area contributed by atoms with E-state index in [4.69, 9.17) is 9.47 Å². The van der Waals surface area contributed by atoms with E-state index in [0.29, 0.717) is 26.1 Å².